The Morgan fingerprint density at radius 1 is 1.12 bits per heavy atom. The fraction of sp³-hybridized carbons (Fsp3) is 0.538. The van der Waals surface area contributed by atoms with Crippen molar-refractivity contribution in [3.05, 3.63) is 58.7 Å². The zero-order valence-corrected chi connectivity index (χ0v) is 20.1. The lowest BCUT2D eigenvalue weighted by atomic mass is 9.94. The van der Waals surface area contributed by atoms with Crippen LogP contribution in [0.5, 0.6) is 0 Å². The third-order valence-electron chi connectivity index (χ3n) is 5.55. The third-order valence-corrected chi connectivity index (χ3v) is 5.55. The summed E-state index contributed by atoms with van der Waals surface area (Å²) in [5, 5.41) is 8.72. The lowest BCUT2D eigenvalue weighted by Gasteiger charge is -2.22. The van der Waals surface area contributed by atoms with E-state index in [1.54, 1.807) is 0 Å². The van der Waals surface area contributed by atoms with Gasteiger partial charge < -0.3 is 9.68 Å². The minimum absolute atomic E-state index is 0.234. The first kappa shape index (κ1) is 23.9. The van der Waals surface area contributed by atoms with Crippen molar-refractivity contribution in [1.29, 1.82) is 0 Å². The molecule has 0 amide bonds. The average Bonchev–Trinajstić information content (AvgIpc) is 2.78. The molecule has 2 aromatic rings. The number of nitrogens with zero attached hydrogens (tertiary/aromatic N) is 4. The lowest BCUT2D eigenvalue weighted by molar-refractivity contribution is -0.000158. The molecule has 0 N–H and O–H groups in total. The smallest absolute Gasteiger partial charge is 0.125 e. The summed E-state index contributed by atoms with van der Waals surface area (Å²) in [5.74, 6) is 0. The van der Waals surface area contributed by atoms with Crippen molar-refractivity contribution in [2.24, 2.45) is 15.7 Å². The van der Waals surface area contributed by atoms with E-state index in [1.165, 1.54) is 24.0 Å². The number of unbranched alkanes of at least 4 members (excludes halogenated alkanes) is 1. The number of fused-ring (bicyclic) bond motifs is 1. The normalized spacial score (nSPS) is 15.5. The number of aromatic nitrogens is 2. The number of oxime groups is 2. The zero-order valence-electron chi connectivity index (χ0n) is 20.1. The summed E-state index contributed by atoms with van der Waals surface area (Å²) >= 11 is 0. The molecule has 0 unspecified atom stereocenters. The lowest BCUT2D eigenvalue weighted by Crippen LogP contribution is -2.24. The van der Waals surface area contributed by atoms with Crippen LogP contribution in [0.25, 0.3) is 0 Å². The molecule has 0 saturated carbocycles. The fourth-order valence-corrected chi connectivity index (χ4v) is 3.58. The second-order valence-electron chi connectivity index (χ2n) is 9.39. The molecular formula is C26H36N4O2. The Morgan fingerprint density at radius 3 is 2.75 bits per heavy atom. The van der Waals surface area contributed by atoms with Crippen LogP contribution in [0.2, 0.25) is 0 Å². The molecule has 1 aliphatic carbocycles. The quantitative estimate of drug-likeness (QED) is 0.356. The van der Waals surface area contributed by atoms with E-state index in [9.17, 15) is 0 Å². The van der Waals surface area contributed by atoms with Crippen molar-refractivity contribution in [2.45, 2.75) is 73.1 Å². The molecule has 0 spiro atoms. The molecule has 1 aliphatic rings. The van der Waals surface area contributed by atoms with Crippen LogP contribution in [0.4, 0.5) is 0 Å². The average molecular weight is 437 g/mol. The second kappa shape index (κ2) is 11.2. The first-order valence-corrected chi connectivity index (χ1v) is 11.7. The minimum Gasteiger partial charge on any atom is -0.395 e. The number of pyridine rings is 2. The van der Waals surface area contributed by atoms with Gasteiger partial charge in [0, 0.05) is 17.3 Å². The first-order valence-electron chi connectivity index (χ1n) is 11.7. The number of rotatable bonds is 10. The van der Waals surface area contributed by atoms with Crippen molar-refractivity contribution in [1.82, 2.24) is 9.97 Å². The van der Waals surface area contributed by atoms with Gasteiger partial charge >= 0.3 is 0 Å². The van der Waals surface area contributed by atoms with Crippen molar-refractivity contribution >= 4 is 11.4 Å². The van der Waals surface area contributed by atoms with E-state index in [-0.39, 0.29) is 5.41 Å². The van der Waals surface area contributed by atoms with Gasteiger partial charge in [0.1, 0.15) is 24.6 Å². The van der Waals surface area contributed by atoms with Gasteiger partial charge in [-0.1, -0.05) is 43.6 Å². The molecule has 0 saturated heterocycles. The maximum absolute atomic E-state index is 5.74. The van der Waals surface area contributed by atoms with Crippen LogP contribution < -0.4 is 0 Å². The van der Waals surface area contributed by atoms with Gasteiger partial charge in [0.2, 0.25) is 0 Å². The largest absolute Gasteiger partial charge is 0.395 e. The summed E-state index contributed by atoms with van der Waals surface area (Å²) in [4.78, 5) is 20.5. The SMILES string of the molecule is CCCCc1ccnc(/C(C)=N/OCC(C)(C)CO/N=C2\CCCc3ccc(C)nc32)c1. The van der Waals surface area contributed by atoms with E-state index in [2.05, 4.69) is 65.3 Å². The minimum atomic E-state index is -0.234. The molecule has 0 radical (unpaired) electrons. The zero-order chi connectivity index (χ0) is 23.0. The van der Waals surface area contributed by atoms with Gasteiger partial charge in [-0.2, -0.15) is 0 Å². The predicted molar refractivity (Wildman–Crippen MR) is 129 cm³/mol. The fourth-order valence-electron chi connectivity index (χ4n) is 3.58. The van der Waals surface area contributed by atoms with Crippen molar-refractivity contribution in [3.8, 4) is 0 Å². The maximum Gasteiger partial charge on any atom is 0.125 e. The monoisotopic (exact) mass is 436 g/mol. The first-order chi connectivity index (χ1) is 15.4. The van der Waals surface area contributed by atoms with E-state index < -0.39 is 0 Å². The highest BCUT2D eigenvalue weighted by Crippen LogP contribution is 2.22. The van der Waals surface area contributed by atoms with Crippen LogP contribution >= 0.6 is 0 Å². The van der Waals surface area contributed by atoms with Crippen LogP contribution in [-0.2, 0) is 22.5 Å². The molecular weight excluding hydrogens is 400 g/mol. The Morgan fingerprint density at radius 2 is 1.94 bits per heavy atom. The van der Waals surface area contributed by atoms with E-state index in [0.717, 1.165) is 54.2 Å². The predicted octanol–water partition coefficient (Wildman–Crippen LogP) is 5.65. The standard InChI is InChI=1S/C26H36N4O2/c1-6-7-9-21-14-15-27-24(16-21)20(3)29-31-17-26(4,5)18-32-30-23-11-8-10-22-13-12-19(2)28-25(22)23/h12-16H,6-11,17-18H2,1-5H3/b29-20+,30-23+. The summed E-state index contributed by atoms with van der Waals surface area (Å²) in [6.07, 6.45) is 8.29. The van der Waals surface area contributed by atoms with Crippen molar-refractivity contribution < 1.29 is 9.68 Å². The molecule has 2 aromatic heterocycles. The topological polar surface area (TPSA) is 69.0 Å². The van der Waals surface area contributed by atoms with Crippen LogP contribution in [0.3, 0.4) is 0 Å². The molecule has 2 heterocycles. The summed E-state index contributed by atoms with van der Waals surface area (Å²) in [5.41, 5.74) is 6.87. The molecule has 172 valence electrons. The molecule has 0 fully saturated rings. The van der Waals surface area contributed by atoms with Crippen LogP contribution in [0.1, 0.15) is 81.6 Å². The number of hydrogen-bond donors (Lipinski definition) is 0. The van der Waals surface area contributed by atoms with Crippen LogP contribution in [0.15, 0.2) is 40.8 Å². The summed E-state index contributed by atoms with van der Waals surface area (Å²) in [7, 11) is 0. The van der Waals surface area contributed by atoms with E-state index in [1.807, 2.05) is 20.0 Å². The number of hydrogen-bond acceptors (Lipinski definition) is 6. The van der Waals surface area contributed by atoms with Gasteiger partial charge in [0.25, 0.3) is 0 Å². The molecule has 0 aliphatic heterocycles. The van der Waals surface area contributed by atoms with Crippen LogP contribution in [0, 0.1) is 12.3 Å². The van der Waals surface area contributed by atoms with Gasteiger partial charge in [-0.15, -0.1) is 0 Å². The molecule has 0 aromatic carbocycles. The molecule has 6 heteroatoms. The number of aryl methyl sites for hydroxylation is 3. The Kier molecular flexibility index (Phi) is 8.37. The highest BCUT2D eigenvalue weighted by Gasteiger charge is 2.22. The molecule has 0 atom stereocenters. The van der Waals surface area contributed by atoms with Gasteiger partial charge in [0.15, 0.2) is 0 Å². The maximum atomic E-state index is 5.74. The summed E-state index contributed by atoms with van der Waals surface area (Å²) < 4.78 is 0. The highest BCUT2D eigenvalue weighted by molar-refractivity contribution is 6.00. The van der Waals surface area contributed by atoms with Crippen LogP contribution in [-0.4, -0.2) is 34.6 Å². The second-order valence-corrected chi connectivity index (χ2v) is 9.39. The Hall–Kier alpha value is -2.76. The van der Waals surface area contributed by atoms with Gasteiger partial charge in [0.05, 0.1) is 11.4 Å². The Bertz CT molecular complexity index is 966. The third kappa shape index (κ3) is 6.87. The molecule has 32 heavy (non-hydrogen) atoms. The van der Waals surface area contributed by atoms with Gasteiger partial charge in [-0.25, -0.2) is 0 Å². The Balaban J connectivity index is 1.53. The molecule has 6 nitrogen and oxygen atoms in total. The molecule has 0 bridgehead atoms. The van der Waals surface area contributed by atoms with Gasteiger partial charge in [-0.3, -0.25) is 9.97 Å². The summed E-state index contributed by atoms with van der Waals surface area (Å²) in [6.45, 7) is 11.2. The van der Waals surface area contributed by atoms with E-state index >= 15 is 0 Å². The van der Waals surface area contributed by atoms with Crippen molar-refractivity contribution in [3.63, 3.8) is 0 Å². The highest BCUT2D eigenvalue weighted by atomic mass is 16.6. The Labute approximate surface area is 192 Å². The summed E-state index contributed by atoms with van der Waals surface area (Å²) in [6, 6.07) is 8.37. The van der Waals surface area contributed by atoms with Crippen molar-refractivity contribution in [2.75, 3.05) is 13.2 Å². The van der Waals surface area contributed by atoms with Gasteiger partial charge in [-0.05, 0) is 75.3 Å². The molecule has 3 rings (SSSR count). The van der Waals surface area contributed by atoms with E-state index in [0.29, 0.717) is 13.2 Å². The van der Waals surface area contributed by atoms with E-state index in [4.69, 9.17) is 9.68 Å².